The third-order valence-electron chi connectivity index (χ3n) is 5.22. The number of nitrogens with zero attached hydrogens (tertiary/aromatic N) is 2. The smallest absolute Gasteiger partial charge is 0.239 e. The number of benzene rings is 1. The van der Waals surface area contributed by atoms with Crippen LogP contribution in [0.15, 0.2) is 18.2 Å². The van der Waals surface area contributed by atoms with E-state index in [4.69, 9.17) is 0 Å². The van der Waals surface area contributed by atoms with Gasteiger partial charge in [-0.15, -0.1) is 0 Å². The lowest BCUT2D eigenvalue weighted by atomic mass is 10.1. The molecule has 2 fully saturated rings. The molecule has 1 aromatic carbocycles. The molecule has 2 amide bonds. The average molecular weight is 330 g/mol. The van der Waals surface area contributed by atoms with Crippen LogP contribution in [0.4, 0.5) is 5.69 Å². The van der Waals surface area contributed by atoms with Gasteiger partial charge >= 0.3 is 0 Å². The Morgan fingerprint density at radius 3 is 2.70 bits per heavy atom. The third-order valence-corrected chi connectivity index (χ3v) is 6.16. The minimum atomic E-state index is -0.466. The molecule has 1 aliphatic carbocycles. The van der Waals surface area contributed by atoms with E-state index in [1.807, 2.05) is 27.6 Å². The van der Waals surface area contributed by atoms with Crippen molar-refractivity contribution in [2.45, 2.75) is 25.7 Å². The first-order valence-electron chi connectivity index (χ1n) is 8.54. The number of hydrogen-bond donors (Lipinski definition) is 0. The summed E-state index contributed by atoms with van der Waals surface area (Å²) in [6.45, 7) is 2.23. The number of carbonyl (C=O) groups excluding carboxylic acids is 2. The number of amides is 2. The molecular weight excluding hydrogens is 308 g/mol. The van der Waals surface area contributed by atoms with Crippen LogP contribution in [0, 0.1) is 5.92 Å². The number of rotatable bonds is 2. The van der Waals surface area contributed by atoms with Crippen LogP contribution in [-0.4, -0.2) is 47.9 Å². The molecule has 23 heavy (non-hydrogen) atoms. The second kappa shape index (κ2) is 6.19. The Bertz CT molecular complexity index is 640. The highest BCUT2D eigenvalue weighted by molar-refractivity contribution is 7.99. The Morgan fingerprint density at radius 1 is 1.09 bits per heavy atom. The van der Waals surface area contributed by atoms with Gasteiger partial charge in [0.25, 0.3) is 0 Å². The molecule has 2 heterocycles. The molecule has 1 aromatic rings. The van der Waals surface area contributed by atoms with Gasteiger partial charge in [0, 0.05) is 36.8 Å². The zero-order valence-electron chi connectivity index (χ0n) is 13.3. The minimum absolute atomic E-state index is 0.00817. The number of thioether (sulfide) groups is 1. The maximum atomic E-state index is 12.8. The van der Waals surface area contributed by atoms with Gasteiger partial charge in [-0.05, 0) is 48.9 Å². The molecule has 2 saturated heterocycles. The predicted molar refractivity (Wildman–Crippen MR) is 92.8 cm³/mol. The number of hydrogen-bond acceptors (Lipinski definition) is 3. The molecule has 122 valence electrons. The van der Waals surface area contributed by atoms with Crippen molar-refractivity contribution in [1.82, 2.24) is 4.90 Å². The molecule has 0 radical (unpaired) electrons. The van der Waals surface area contributed by atoms with Gasteiger partial charge in [0.05, 0.1) is 0 Å². The zero-order valence-corrected chi connectivity index (χ0v) is 14.1. The molecule has 4 nitrogen and oxygen atoms in total. The molecule has 1 unspecified atom stereocenters. The summed E-state index contributed by atoms with van der Waals surface area (Å²) >= 11 is 1.88. The average Bonchev–Trinajstić information content (AvgIpc) is 3.20. The van der Waals surface area contributed by atoms with Crippen molar-refractivity contribution in [3.05, 3.63) is 29.3 Å². The molecule has 2 aliphatic heterocycles. The first-order chi connectivity index (χ1) is 11.2. The van der Waals surface area contributed by atoms with E-state index in [0.29, 0.717) is 13.0 Å². The number of carbonyl (C=O) groups is 2. The quantitative estimate of drug-likeness (QED) is 0.780. The molecule has 1 atom stereocenters. The molecular formula is C18H22N2O2S. The highest BCUT2D eigenvalue weighted by Crippen LogP contribution is 2.31. The summed E-state index contributed by atoms with van der Waals surface area (Å²) in [6, 6.07) is 6.36. The Hall–Kier alpha value is -1.49. The van der Waals surface area contributed by atoms with Crippen molar-refractivity contribution >= 4 is 29.3 Å². The Balaban J connectivity index is 1.50. The van der Waals surface area contributed by atoms with Crippen LogP contribution in [0.25, 0.3) is 0 Å². The van der Waals surface area contributed by atoms with Gasteiger partial charge in [0.15, 0.2) is 0 Å². The third kappa shape index (κ3) is 2.75. The van der Waals surface area contributed by atoms with E-state index in [2.05, 4.69) is 12.1 Å². The Kier molecular flexibility index (Phi) is 4.05. The van der Waals surface area contributed by atoms with Crippen LogP contribution in [0.1, 0.15) is 24.0 Å². The summed E-state index contributed by atoms with van der Waals surface area (Å²) in [4.78, 5) is 29.1. The van der Waals surface area contributed by atoms with E-state index in [1.165, 1.54) is 17.5 Å². The molecule has 0 bridgehead atoms. The van der Waals surface area contributed by atoms with Crippen LogP contribution in [0.2, 0.25) is 0 Å². The Morgan fingerprint density at radius 2 is 1.87 bits per heavy atom. The van der Waals surface area contributed by atoms with E-state index in [0.717, 1.165) is 43.1 Å². The summed E-state index contributed by atoms with van der Waals surface area (Å²) in [7, 11) is 0. The maximum Gasteiger partial charge on any atom is 0.239 e. The fraction of sp³-hybridized carbons (Fsp3) is 0.556. The first kappa shape index (κ1) is 15.1. The fourth-order valence-corrected chi connectivity index (χ4v) is 4.80. The molecule has 3 aliphatic rings. The topological polar surface area (TPSA) is 40.6 Å². The number of aryl methyl sites for hydroxylation is 2. The molecule has 0 N–H and O–H groups in total. The van der Waals surface area contributed by atoms with Crippen LogP contribution >= 0.6 is 11.8 Å². The second-order valence-electron chi connectivity index (χ2n) is 6.58. The van der Waals surface area contributed by atoms with E-state index in [1.54, 1.807) is 0 Å². The molecule has 0 aromatic heterocycles. The maximum absolute atomic E-state index is 12.8. The van der Waals surface area contributed by atoms with Crippen molar-refractivity contribution in [3.63, 3.8) is 0 Å². The van der Waals surface area contributed by atoms with E-state index >= 15 is 0 Å². The summed E-state index contributed by atoms with van der Waals surface area (Å²) in [6.07, 6.45) is 4.12. The van der Waals surface area contributed by atoms with Crippen LogP contribution in [0.5, 0.6) is 0 Å². The molecule has 0 spiro atoms. The second-order valence-corrected chi connectivity index (χ2v) is 7.80. The van der Waals surface area contributed by atoms with Gasteiger partial charge < -0.3 is 9.80 Å². The van der Waals surface area contributed by atoms with Crippen LogP contribution in [0.3, 0.4) is 0 Å². The number of anilines is 1. The lowest BCUT2D eigenvalue weighted by molar-refractivity contribution is -0.139. The van der Waals surface area contributed by atoms with Gasteiger partial charge in [0.1, 0.15) is 5.92 Å². The Labute approximate surface area is 141 Å². The van der Waals surface area contributed by atoms with Crippen molar-refractivity contribution < 1.29 is 9.59 Å². The standard InChI is InChI=1S/C18H22N2O2S/c21-17(19-8-10-23-11-9-19)16-6-7-20(18(16)22)15-5-4-13-2-1-3-14(13)12-15/h4-5,12,16H,1-3,6-11H2. The van der Waals surface area contributed by atoms with Gasteiger partial charge in [-0.3, -0.25) is 9.59 Å². The lowest BCUT2D eigenvalue weighted by Crippen LogP contribution is -2.44. The minimum Gasteiger partial charge on any atom is -0.340 e. The molecule has 4 rings (SSSR count). The summed E-state index contributed by atoms with van der Waals surface area (Å²) in [5.74, 6) is 1.54. The van der Waals surface area contributed by atoms with Gasteiger partial charge in [-0.25, -0.2) is 0 Å². The first-order valence-corrected chi connectivity index (χ1v) is 9.69. The summed E-state index contributed by atoms with van der Waals surface area (Å²) in [5.41, 5.74) is 3.76. The van der Waals surface area contributed by atoms with Gasteiger partial charge in [0.2, 0.25) is 11.8 Å². The van der Waals surface area contributed by atoms with Crippen molar-refractivity contribution in [3.8, 4) is 0 Å². The lowest BCUT2D eigenvalue weighted by Gasteiger charge is -2.28. The molecule has 5 heteroatoms. The van der Waals surface area contributed by atoms with Gasteiger partial charge in [-0.1, -0.05) is 6.07 Å². The van der Waals surface area contributed by atoms with Crippen LogP contribution < -0.4 is 4.90 Å². The zero-order chi connectivity index (χ0) is 15.8. The van der Waals surface area contributed by atoms with E-state index in [9.17, 15) is 9.59 Å². The summed E-state index contributed by atoms with van der Waals surface area (Å²) < 4.78 is 0. The van der Waals surface area contributed by atoms with E-state index < -0.39 is 5.92 Å². The van der Waals surface area contributed by atoms with Crippen molar-refractivity contribution in [2.75, 3.05) is 36.0 Å². The SMILES string of the molecule is O=C(C1CCN(c2ccc3c(c2)CCC3)C1=O)N1CCSCC1. The van der Waals surface area contributed by atoms with Crippen molar-refractivity contribution in [1.29, 1.82) is 0 Å². The van der Waals surface area contributed by atoms with Crippen LogP contribution in [-0.2, 0) is 22.4 Å². The number of fused-ring (bicyclic) bond motifs is 1. The van der Waals surface area contributed by atoms with Gasteiger partial charge in [-0.2, -0.15) is 11.8 Å². The highest BCUT2D eigenvalue weighted by atomic mass is 32.2. The fourth-order valence-electron chi connectivity index (χ4n) is 3.90. The van der Waals surface area contributed by atoms with Crippen molar-refractivity contribution in [2.24, 2.45) is 5.92 Å². The van der Waals surface area contributed by atoms with E-state index in [-0.39, 0.29) is 11.8 Å². The monoisotopic (exact) mass is 330 g/mol. The highest BCUT2D eigenvalue weighted by Gasteiger charge is 2.40. The molecule has 0 saturated carbocycles. The largest absolute Gasteiger partial charge is 0.340 e. The normalized spacial score (nSPS) is 24.2. The summed E-state index contributed by atoms with van der Waals surface area (Å²) in [5, 5.41) is 0. The predicted octanol–water partition coefficient (Wildman–Crippen LogP) is 2.10.